The first-order valence-electron chi connectivity index (χ1n) is 12.1. The Hall–Kier alpha value is -3.94. The molecule has 0 fully saturated rings. The number of fused-ring (bicyclic) bond motifs is 4. The van der Waals surface area contributed by atoms with Gasteiger partial charge in [-0.2, -0.15) is 0 Å². The van der Waals surface area contributed by atoms with Gasteiger partial charge >= 0.3 is 0 Å². The SMILES string of the molecule is c1ccc(N2c3ccccc3N(c3ccccc3)P2c2cccc3c2-c2ncccc2CC3)cc1. The predicted octanol–water partition coefficient (Wildman–Crippen LogP) is 7.77. The van der Waals surface area contributed by atoms with E-state index < -0.39 is 8.22 Å². The lowest BCUT2D eigenvalue weighted by molar-refractivity contribution is 0.929. The van der Waals surface area contributed by atoms with E-state index in [9.17, 15) is 0 Å². The highest BCUT2D eigenvalue weighted by molar-refractivity contribution is 7.70. The second-order valence-corrected chi connectivity index (χ2v) is 10.8. The number of aryl methyl sites for hydroxylation is 2. The fourth-order valence-corrected chi connectivity index (χ4v) is 8.07. The van der Waals surface area contributed by atoms with Crippen molar-refractivity contribution in [3.05, 3.63) is 133 Å². The third kappa shape index (κ3) is 3.27. The summed E-state index contributed by atoms with van der Waals surface area (Å²) < 4.78 is 5.09. The molecule has 1 aromatic heterocycles. The monoisotopic (exact) mass is 469 g/mol. The molecule has 5 aromatic rings. The van der Waals surface area contributed by atoms with Gasteiger partial charge < -0.3 is 0 Å². The van der Waals surface area contributed by atoms with Crippen LogP contribution in [0.3, 0.4) is 0 Å². The van der Waals surface area contributed by atoms with Crippen molar-refractivity contribution in [3.63, 3.8) is 0 Å². The molecule has 1 aliphatic carbocycles. The third-order valence-corrected chi connectivity index (χ3v) is 9.31. The molecule has 0 atom stereocenters. The van der Waals surface area contributed by atoms with Crippen molar-refractivity contribution < 1.29 is 0 Å². The fraction of sp³-hybridized carbons (Fsp3) is 0.0645. The Morgan fingerprint density at radius 1 is 0.543 bits per heavy atom. The summed E-state index contributed by atoms with van der Waals surface area (Å²) >= 11 is 0. The first-order valence-corrected chi connectivity index (χ1v) is 13.3. The molecule has 168 valence electrons. The van der Waals surface area contributed by atoms with Crippen LogP contribution in [0.5, 0.6) is 0 Å². The number of pyridine rings is 1. The lowest BCUT2D eigenvalue weighted by Gasteiger charge is -2.35. The summed E-state index contributed by atoms with van der Waals surface area (Å²) in [5, 5.41) is 1.35. The molecular formula is C31H24N3P. The lowest BCUT2D eigenvalue weighted by Crippen LogP contribution is -2.25. The number of nitrogens with zero attached hydrogens (tertiary/aromatic N) is 3. The average Bonchev–Trinajstić information content (AvgIpc) is 3.28. The molecule has 0 radical (unpaired) electrons. The van der Waals surface area contributed by atoms with Crippen molar-refractivity contribution in [3.8, 4) is 11.3 Å². The van der Waals surface area contributed by atoms with Gasteiger partial charge in [0.15, 0.2) is 0 Å². The van der Waals surface area contributed by atoms with Crippen LogP contribution >= 0.6 is 8.22 Å². The van der Waals surface area contributed by atoms with Gasteiger partial charge in [0.25, 0.3) is 0 Å². The topological polar surface area (TPSA) is 19.4 Å². The van der Waals surface area contributed by atoms with Gasteiger partial charge in [0.2, 0.25) is 0 Å². The molecule has 2 aliphatic rings. The van der Waals surface area contributed by atoms with E-state index in [1.165, 1.54) is 44.7 Å². The van der Waals surface area contributed by atoms with Crippen LogP contribution in [0.4, 0.5) is 22.7 Å². The minimum atomic E-state index is -0.959. The zero-order valence-corrected chi connectivity index (χ0v) is 20.1. The van der Waals surface area contributed by atoms with Crippen molar-refractivity contribution in [1.29, 1.82) is 0 Å². The Bertz CT molecular complexity index is 1450. The van der Waals surface area contributed by atoms with Crippen LogP contribution in [0.15, 0.2) is 121 Å². The summed E-state index contributed by atoms with van der Waals surface area (Å²) in [5.74, 6) is 0. The van der Waals surface area contributed by atoms with Gasteiger partial charge in [0.05, 0.1) is 17.1 Å². The van der Waals surface area contributed by atoms with Crippen LogP contribution in [-0.2, 0) is 12.8 Å². The molecule has 1 aliphatic heterocycles. The van der Waals surface area contributed by atoms with Gasteiger partial charge in [0.1, 0.15) is 8.22 Å². The Kier molecular flexibility index (Phi) is 4.89. The van der Waals surface area contributed by atoms with Gasteiger partial charge in [0, 0.05) is 28.4 Å². The van der Waals surface area contributed by atoms with Gasteiger partial charge in [-0.25, -0.2) is 0 Å². The number of benzene rings is 4. The number of hydrogen-bond donors (Lipinski definition) is 0. The normalized spacial score (nSPS) is 14.4. The maximum atomic E-state index is 4.91. The van der Waals surface area contributed by atoms with Crippen LogP contribution in [-0.4, -0.2) is 4.98 Å². The molecule has 0 saturated carbocycles. The molecule has 0 bridgehead atoms. The van der Waals surface area contributed by atoms with Gasteiger partial charge in [-0.05, 0) is 66.4 Å². The first kappa shape index (κ1) is 20.4. The van der Waals surface area contributed by atoms with Crippen LogP contribution in [0.2, 0.25) is 0 Å². The zero-order chi connectivity index (χ0) is 23.2. The first-order chi connectivity index (χ1) is 17.4. The summed E-state index contributed by atoms with van der Waals surface area (Å²) in [4.78, 5) is 4.91. The van der Waals surface area contributed by atoms with E-state index in [4.69, 9.17) is 4.98 Å². The second-order valence-electron chi connectivity index (χ2n) is 8.90. The number of para-hydroxylation sites is 4. The third-order valence-electron chi connectivity index (χ3n) is 6.85. The van der Waals surface area contributed by atoms with E-state index >= 15 is 0 Å². The van der Waals surface area contributed by atoms with Crippen LogP contribution in [0.1, 0.15) is 11.1 Å². The highest BCUT2D eigenvalue weighted by Crippen LogP contribution is 2.65. The average molecular weight is 470 g/mol. The lowest BCUT2D eigenvalue weighted by atomic mass is 9.89. The molecule has 4 heteroatoms. The molecule has 7 rings (SSSR count). The van der Waals surface area contributed by atoms with Gasteiger partial charge in [-0.1, -0.05) is 72.8 Å². The summed E-state index contributed by atoms with van der Waals surface area (Å²) in [6.45, 7) is 0. The highest BCUT2D eigenvalue weighted by Gasteiger charge is 2.41. The standard InChI is InChI=1S/C31H24N3P/c1-3-13-25(14-4-1)33-27-17-7-8-18-28(27)34(26-15-5-2-6-16-26)35(33)29-19-9-11-23-20-21-24-12-10-22-32-31(24)30(23)29/h1-19,22H,20-21H2. The van der Waals surface area contributed by atoms with Crippen LogP contribution in [0, 0.1) is 0 Å². The molecule has 2 heterocycles. The molecule has 0 unspecified atom stereocenters. The van der Waals surface area contributed by atoms with Crippen molar-refractivity contribution in [1.82, 2.24) is 4.98 Å². The minimum Gasteiger partial charge on any atom is -0.296 e. The summed E-state index contributed by atoms with van der Waals surface area (Å²) in [6.07, 6.45) is 4.03. The molecule has 0 amide bonds. The van der Waals surface area contributed by atoms with E-state index in [2.05, 4.69) is 125 Å². The minimum absolute atomic E-state index is 0.959. The molecule has 0 spiro atoms. The van der Waals surface area contributed by atoms with E-state index in [0.717, 1.165) is 18.5 Å². The fourth-order valence-electron chi connectivity index (χ4n) is 5.34. The zero-order valence-electron chi connectivity index (χ0n) is 19.3. The van der Waals surface area contributed by atoms with E-state index in [0.29, 0.717) is 0 Å². The highest BCUT2D eigenvalue weighted by atomic mass is 31.1. The molecule has 3 nitrogen and oxygen atoms in total. The maximum absolute atomic E-state index is 4.91. The predicted molar refractivity (Wildman–Crippen MR) is 147 cm³/mol. The number of hydrogen-bond acceptors (Lipinski definition) is 3. The van der Waals surface area contributed by atoms with E-state index in [1.807, 2.05) is 6.20 Å². The van der Waals surface area contributed by atoms with Crippen molar-refractivity contribution in [2.24, 2.45) is 0 Å². The molecule has 0 N–H and O–H groups in total. The van der Waals surface area contributed by atoms with Crippen LogP contribution in [0.25, 0.3) is 11.3 Å². The van der Waals surface area contributed by atoms with Crippen molar-refractivity contribution in [2.75, 3.05) is 9.34 Å². The Morgan fingerprint density at radius 3 is 1.77 bits per heavy atom. The number of anilines is 4. The number of rotatable bonds is 3. The van der Waals surface area contributed by atoms with E-state index in [-0.39, 0.29) is 0 Å². The van der Waals surface area contributed by atoms with Crippen molar-refractivity contribution >= 4 is 36.3 Å². The van der Waals surface area contributed by atoms with Gasteiger partial charge in [-0.15, -0.1) is 0 Å². The maximum Gasteiger partial charge on any atom is 0.139 e. The van der Waals surface area contributed by atoms with Crippen molar-refractivity contribution in [2.45, 2.75) is 12.8 Å². The van der Waals surface area contributed by atoms with E-state index in [1.54, 1.807) is 0 Å². The smallest absolute Gasteiger partial charge is 0.139 e. The number of aromatic nitrogens is 1. The molecular weight excluding hydrogens is 445 g/mol. The molecule has 35 heavy (non-hydrogen) atoms. The Balaban J connectivity index is 1.53. The largest absolute Gasteiger partial charge is 0.296 e. The Labute approximate surface area is 207 Å². The summed E-state index contributed by atoms with van der Waals surface area (Å²) in [6, 6.07) is 41.6. The molecule has 0 saturated heterocycles. The summed E-state index contributed by atoms with van der Waals surface area (Å²) in [5.41, 5.74) is 10.1. The summed E-state index contributed by atoms with van der Waals surface area (Å²) in [7, 11) is -0.959. The van der Waals surface area contributed by atoms with Gasteiger partial charge in [-0.3, -0.25) is 14.3 Å². The quantitative estimate of drug-likeness (QED) is 0.252. The van der Waals surface area contributed by atoms with Crippen LogP contribution < -0.4 is 14.6 Å². The second kappa shape index (κ2) is 8.37. The molecule has 4 aromatic carbocycles. The Morgan fingerprint density at radius 2 is 1.11 bits per heavy atom.